The van der Waals surface area contributed by atoms with Crippen LogP contribution in [0.2, 0.25) is 0 Å². The molecule has 2 aromatic rings. The number of carbonyl (C=O) groups excluding carboxylic acids is 1. The third-order valence-corrected chi connectivity index (χ3v) is 3.22. The highest BCUT2D eigenvalue weighted by Gasteiger charge is 2.25. The molecule has 0 saturated heterocycles. The number of hydrogen-bond donors (Lipinski definition) is 2. The number of amides is 1. The van der Waals surface area contributed by atoms with Crippen LogP contribution in [-0.2, 0) is 11.3 Å². The number of nitrogens with zero attached hydrogens (tertiary/aromatic N) is 3. The van der Waals surface area contributed by atoms with Gasteiger partial charge in [0.2, 0.25) is 0 Å². The number of rotatable bonds is 5. The molecule has 108 valence electrons. The Morgan fingerprint density at radius 2 is 2.19 bits per heavy atom. The van der Waals surface area contributed by atoms with E-state index in [2.05, 4.69) is 15.4 Å². The van der Waals surface area contributed by atoms with Crippen molar-refractivity contribution in [2.75, 3.05) is 5.32 Å². The van der Waals surface area contributed by atoms with Gasteiger partial charge in [0.25, 0.3) is 5.91 Å². The fraction of sp³-hybridized carbons (Fsp3) is 0.286. The molecule has 0 spiro atoms. The zero-order chi connectivity index (χ0) is 14.8. The Bertz CT molecular complexity index is 691. The molecule has 1 amide bonds. The first-order valence-corrected chi connectivity index (χ1v) is 6.64. The molecule has 2 aromatic heterocycles. The summed E-state index contributed by atoms with van der Waals surface area (Å²) in [5.74, 6) is -0.461. The van der Waals surface area contributed by atoms with E-state index in [1.807, 2.05) is 0 Å². The van der Waals surface area contributed by atoms with Crippen molar-refractivity contribution in [3.8, 4) is 0 Å². The first-order valence-electron chi connectivity index (χ1n) is 6.64. The van der Waals surface area contributed by atoms with Crippen molar-refractivity contribution < 1.29 is 14.7 Å². The Morgan fingerprint density at radius 1 is 1.38 bits per heavy atom. The van der Waals surface area contributed by atoms with E-state index < -0.39 is 5.97 Å². The van der Waals surface area contributed by atoms with Crippen molar-refractivity contribution in [2.24, 2.45) is 0 Å². The maximum absolute atomic E-state index is 12.1. The second kappa shape index (κ2) is 5.35. The second-order valence-corrected chi connectivity index (χ2v) is 4.99. The summed E-state index contributed by atoms with van der Waals surface area (Å²) in [5, 5.41) is 15.3. The predicted octanol–water partition coefficient (Wildman–Crippen LogP) is 1.49. The van der Waals surface area contributed by atoms with Gasteiger partial charge in [-0.3, -0.25) is 19.3 Å². The van der Waals surface area contributed by atoms with Crippen LogP contribution in [0.15, 0.2) is 30.6 Å². The van der Waals surface area contributed by atoms with Crippen molar-refractivity contribution in [1.82, 2.24) is 14.8 Å². The van der Waals surface area contributed by atoms with Crippen LogP contribution in [0.25, 0.3) is 0 Å². The van der Waals surface area contributed by atoms with Gasteiger partial charge in [-0.25, -0.2) is 0 Å². The summed E-state index contributed by atoms with van der Waals surface area (Å²) in [4.78, 5) is 27.0. The Morgan fingerprint density at radius 3 is 2.90 bits per heavy atom. The quantitative estimate of drug-likeness (QED) is 0.868. The Kier molecular flexibility index (Phi) is 3.39. The van der Waals surface area contributed by atoms with Gasteiger partial charge in [-0.1, -0.05) is 0 Å². The topological polar surface area (TPSA) is 97.1 Å². The van der Waals surface area contributed by atoms with Crippen LogP contribution in [0.1, 0.15) is 34.8 Å². The van der Waals surface area contributed by atoms with Gasteiger partial charge in [-0.15, -0.1) is 0 Å². The largest absolute Gasteiger partial charge is 0.480 e. The Labute approximate surface area is 120 Å². The van der Waals surface area contributed by atoms with Crippen molar-refractivity contribution in [1.29, 1.82) is 0 Å². The lowest BCUT2D eigenvalue weighted by molar-refractivity contribution is -0.137. The number of pyridine rings is 1. The van der Waals surface area contributed by atoms with Crippen LogP contribution in [0.3, 0.4) is 0 Å². The standard InChI is InChI=1S/C14H14N4O3/c19-13(20)8-18-6-4-12(17-18)16-14(21)10-3-5-15-11(7-10)9-1-2-9/h3-7,9H,1-2,8H2,(H,19,20)(H,16,17,21). The predicted molar refractivity (Wildman–Crippen MR) is 74.0 cm³/mol. The minimum absolute atomic E-state index is 0.239. The molecule has 1 saturated carbocycles. The summed E-state index contributed by atoms with van der Waals surface area (Å²) < 4.78 is 1.25. The molecular formula is C14H14N4O3. The second-order valence-electron chi connectivity index (χ2n) is 4.99. The SMILES string of the molecule is O=C(O)Cn1ccc(NC(=O)c2ccnc(C3CC3)c2)n1. The van der Waals surface area contributed by atoms with E-state index in [-0.39, 0.29) is 12.5 Å². The molecule has 0 bridgehead atoms. The van der Waals surface area contributed by atoms with Crippen molar-refractivity contribution in [3.05, 3.63) is 41.9 Å². The number of anilines is 1. The number of carbonyl (C=O) groups is 2. The summed E-state index contributed by atoms with van der Waals surface area (Å²) in [5.41, 5.74) is 1.47. The van der Waals surface area contributed by atoms with E-state index in [4.69, 9.17) is 5.11 Å². The van der Waals surface area contributed by atoms with Crippen LogP contribution < -0.4 is 5.32 Å². The lowest BCUT2D eigenvalue weighted by Gasteiger charge is -2.04. The van der Waals surface area contributed by atoms with Crippen LogP contribution in [0, 0.1) is 0 Å². The van der Waals surface area contributed by atoms with Crippen LogP contribution in [-0.4, -0.2) is 31.7 Å². The van der Waals surface area contributed by atoms with E-state index in [1.165, 1.54) is 10.9 Å². The van der Waals surface area contributed by atoms with E-state index in [1.54, 1.807) is 24.4 Å². The Balaban J connectivity index is 1.69. The average molecular weight is 286 g/mol. The van der Waals surface area contributed by atoms with Gasteiger partial charge in [-0.2, -0.15) is 5.10 Å². The van der Waals surface area contributed by atoms with Gasteiger partial charge in [0.15, 0.2) is 5.82 Å². The molecule has 21 heavy (non-hydrogen) atoms. The smallest absolute Gasteiger partial charge is 0.325 e. The molecule has 0 atom stereocenters. The van der Waals surface area contributed by atoms with E-state index in [0.717, 1.165) is 18.5 Å². The fourth-order valence-corrected chi connectivity index (χ4v) is 2.04. The third-order valence-electron chi connectivity index (χ3n) is 3.22. The molecule has 1 fully saturated rings. The number of carboxylic acids is 1. The molecule has 1 aliphatic rings. The van der Waals surface area contributed by atoms with Crippen LogP contribution in [0.4, 0.5) is 5.82 Å². The van der Waals surface area contributed by atoms with Crippen LogP contribution in [0.5, 0.6) is 0 Å². The highest BCUT2D eigenvalue weighted by molar-refractivity contribution is 6.03. The van der Waals surface area contributed by atoms with Gasteiger partial charge in [0.1, 0.15) is 6.54 Å². The lowest BCUT2D eigenvalue weighted by atomic mass is 10.1. The minimum Gasteiger partial charge on any atom is -0.480 e. The number of carboxylic acid groups (broad SMARTS) is 1. The van der Waals surface area contributed by atoms with Gasteiger partial charge in [0.05, 0.1) is 0 Å². The molecule has 0 unspecified atom stereocenters. The average Bonchev–Trinajstić information content (AvgIpc) is 3.22. The summed E-state index contributed by atoms with van der Waals surface area (Å²) in [6.45, 7) is -0.239. The lowest BCUT2D eigenvalue weighted by Crippen LogP contribution is -2.14. The zero-order valence-electron chi connectivity index (χ0n) is 11.2. The number of aromatic nitrogens is 3. The number of hydrogen-bond acceptors (Lipinski definition) is 4. The molecule has 0 radical (unpaired) electrons. The third kappa shape index (κ3) is 3.25. The first-order chi connectivity index (χ1) is 10.1. The van der Waals surface area contributed by atoms with Crippen LogP contribution >= 0.6 is 0 Å². The monoisotopic (exact) mass is 286 g/mol. The molecule has 2 heterocycles. The first kappa shape index (κ1) is 13.3. The van der Waals surface area contributed by atoms with Gasteiger partial charge < -0.3 is 10.4 Å². The van der Waals surface area contributed by atoms with Crippen molar-refractivity contribution >= 4 is 17.7 Å². The summed E-state index contributed by atoms with van der Waals surface area (Å²) in [6.07, 6.45) is 5.38. The van der Waals surface area contributed by atoms with Crippen molar-refractivity contribution in [2.45, 2.75) is 25.3 Å². The highest BCUT2D eigenvalue weighted by atomic mass is 16.4. The van der Waals surface area contributed by atoms with Gasteiger partial charge in [-0.05, 0) is 25.0 Å². The number of aliphatic carboxylic acids is 1. The van der Waals surface area contributed by atoms with Gasteiger partial charge in [0, 0.05) is 35.6 Å². The van der Waals surface area contributed by atoms with Crippen molar-refractivity contribution in [3.63, 3.8) is 0 Å². The maximum Gasteiger partial charge on any atom is 0.325 e. The molecule has 7 heteroatoms. The van der Waals surface area contributed by atoms with E-state index in [9.17, 15) is 9.59 Å². The molecule has 0 aliphatic heterocycles. The van der Waals surface area contributed by atoms with Gasteiger partial charge >= 0.3 is 5.97 Å². The Hall–Kier alpha value is -2.70. The summed E-state index contributed by atoms with van der Waals surface area (Å²) in [6, 6.07) is 5.00. The molecular weight excluding hydrogens is 272 g/mol. The molecule has 3 rings (SSSR count). The molecule has 2 N–H and O–H groups in total. The molecule has 1 aliphatic carbocycles. The number of nitrogens with one attached hydrogen (secondary N) is 1. The highest BCUT2D eigenvalue weighted by Crippen LogP contribution is 2.38. The minimum atomic E-state index is -0.987. The fourth-order valence-electron chi connectivity index (χ4n) is 2.04. The molecule has 0 aromatic carbocycles. The van der Waals surface area contributed by atoms with E-state index >= 15 is 0 Å². The van der Waals surface area contributed by atoms with E-state index in [0.29, 0.717) is 17.3 Å². The summed E-state index contributed by atoms with van der Waals surface area (Å²) >= 11 is 0. The summed E-state index contributed by atoms with van der Waals surface area (Å²) in [7, 11) is 0. The maximum atomic E-state index is 12.1. The molecule has 7 nitrogen and oxygen atoms in total. The zero-order valence-corrected chi connectivity index (χ0v) is 11.2. The normalized spacial score (nSPS) is 13.9.